The van der Waals surface area contributed by atoms with Crippen molar-refractivity contribution < 1.29 is 0 Å². The Bertz CT molecular complexity index is 640. The first-order valence-corrected chi connectivity index (χ1v) is 8.71. The molecule has 0 saturated carbocycles. The lowest BCUT2D eigenvalue weighted by atomic mass is 9.87. The van der Waals surface area contributed by atoms with Gasteiger partial charge in [0.1, 0.15) is 0 Å². The van der Waals surface area contributed by atoms with E-state index in [0.717, 1.165) is 37.2 Å². The molecule has 3 nitrogen and oxygen atoms in total. The number of nitrogens with one attached hydrogen (secondary N) is 1. The molecule has 5 N–H and O–H groups in total. The summed E-state index contributed by atoms with van der Waals surface area (Å²) in [5.41, 5.74) is 16.9. The summed E-state index contributed by atoms with van der Waals surface area (Å²) in [6.45, 7) is 2.65. The minimum atomic E-state index is 0.511. The molecule has 116 valence electrons. The number of rotatable bonds is 4. The number of benzene rings is 1. The standard InChI is InChI=1S/C18H23N3S/c19-12-16(13-6-8-21-9-7-13)18(20)15-4-1-3-14(11-15)17-5-2-10-22-17/h1-5,10-11,13,21H,6-9,12,19-20H2/b18-16+. The third-order valence-electron chi connectivity index (χ3n) is 4.38. The molecule has 22 heavy (non-hydrogen) atoms. The highest BCUT2D eigenvalue weighted by molar-refractivity contribution is 7.13. The van der Waals surface area contributed by atoms with Crippen LogP contribution in [0.3, 0.4) is 0 Å². The first-order chi connectivity index (χ1) is 10.8. The highest BCUT2D eigenvalue weighted by atomic mass is 32.1. The molecule has 0 spiro atoms. The number of thiophene rings is 1. The van der Waals surface area contributed by atoms with Crippen LogP contribution in [-0.4, -0.2) is 19.6 Å². The van der Waals surface area contributed by atoms with Gasteiger partial charge >= 0.3 is 0 Å². The van der Waals surface area contributed by atoms with Gasteiger partial charge in [0.15, 0.2) is 0 Å². The van der Waals surface area contributed by atoms with Crippen LogP contribution in [-0.2, 0) is 0 Å². The van der Waals surface area contributed by atoms with Gasteiger partial charge in [-0.25, -0.2) is 0 Å². The van der Waals surface area contributed by atoms with Crippen molar-refractivity contribution in [3.8, 4) is 10.4 Å². The van der Waals surface area contributed by atoms with E-state index in [1.54, 1.807) is 11.3 Å². The van der Waals surface area contributed by atoms with Crippen molar-refractivity contribution in [3.63, 3.8) is 0 Å². The molecule has 1 fully saturated rings. The van der Waals surface area contributed by atoms with Gasteiger partial charge in [0.2, 0.25) is 0 Å². The zero-order chi connectivity index (χ0) is 15.4. The van der Waals surface area contributed by atoms with Crippen LogP contribution < -0.4 is 16.8 Å². The van der Waals surface area contributed by atoms with Gasteiger partial charge < -0.3 is 16.8 Å². The molecule has 2 heterocycles. The van der Waals surface area contributed by atoms with Gasteiger partial charge in [-0.2, -0.15) is 0 Å². The number of piperidine rings is 1. The topological polar surface area (TPSA) is 64.1 Å². The Morgan fingerprint density at radius 2 is 2.00 bits per heavy atom. The van der Waals surface area contributed by atoms with Crippen LogP contribution in [0.1, 0.15) is 18.4 Å². The summed E-state index contributed by atoms with van der Waals surface area (Å²) < 4.78 is 0. The lowest BCUT2D eigenvalue weighted by Crippen LogP contribution is -2.31. The third kappa shape index (κ3) is 3.24. The number of hydrogen-bond donors (Lipinski definition) is 3. The molecule has 0 radical (unpaired) electrons. The lowest BCUT2D eigenvalue weighted by molar-refractivity contribution is 0.417. The Balaban J connectivity index is 1.94. The molecule has 1 saturated heterocycles. The minimum absolute atomic E-state index is 0.511. The van der Waals surface area contributed by atoms with Gasteiger partial charge in [0, 0.05) is 17.1 Å². The van der Waals surface area contributed by atoms with Gasteiger partial charge in [-0.3, -0.25) is 0 Å². The Kier molecular flexibility index (Phi) is 4.93. The molecular formula is C18H23N3S. The monoisotopic (exact) mass is 313 g/mol. The van der Waals surface area contributed by atoms with E-state index in [4.69, 9.17) is 11.5 Å². The Morgan fingerprint density at radius 3 is 2.68 bits per heavy atom. The highest BCUT2D eigenvalue weighted by Crippen LogP contribution is 2.30. The number of nitrogens with two attached hydrogens (primary N) is 2. The molecule has 0 bridgehead atoms. The van der Waals surface area contributed by atoms with Gasteiger partial charge in [-0.1, -0.05) is 24.3 Å². The first kappa shape index (κ1) is 15.3. The summed E-state index contributed by atoms with van der Waals surface area (Å²) in [6, 6.07) is 12.7. The van der Waals surface area contributed by atoms with Crippen molar-refractivity contribution in [1.82, 2.24) is 5.32 Å². The average molecular weight is 313 g/mol. The predicted molar refractivity (Wildman–Crippen MR) is 95.5 cm³/mol. The molecule has 0 unspecified atom stereocenters. The van der Waals surface area contributed by atoms with Crippen molar-refractivity contribution in [2.75, 3.05) is 19.6 Å². The van der Waals surface area contributed by atoms with E-state index in [1.165, 1.54) is 16.0 Å². The summed E-state index contributed by atoms with van der Waals surface area (Å²) in [6.07, 6.45) is 2.25. The van der Waals surface area contributed by atoms with Crippen molar-refractivity contribution >= 4 is 17.0 Å². The maximum Gasteiger partial charge on any atom is 0.0395 e. The maximum atomic E-state index is 6.49. The summed E-state index contributed by atoms with van der Waals surface area (Å²) in [7, 11) is 0. The molecule has 3 rings (SSSR count). The predicted octanol–water partition coefficient (Wildman–Crippen LogP) is 3.04. The Morgan fingerprint density at radius 1 is 1.18 bits per heavy atom. The largest absolute Gasteiger partial charge is 0.398 e. The second-order valence-electron chi connectivity index (χ2n) is 5.73. The normalized spacial score (nSPS) is 17.3. The van der Waals surface area contributed by atoms with Gasteiger partial charge in [-0.15, -0.1) is 11.3 Å². The zero-order valence-corrected chi connectivity index (χ0v) is 13.5. The van der Waals surface area contributed by atoms with Gasteiger partial charge in [0.05, 0.1) is 0 Å². The summed E-state index contributed by atoms with van der Waals surface area (Å²) in [5, 5.41) is 5.50. The number of hydrogen-bond acceptors (Lipinski definition) is 4. The molecule has 0 aliphatic carbocycles. The van der Waals surface area contributed by atoms with E-state index in [1.807, 2.05) is 0 Å². The SMILES string of the molecule is NC/C(=C(\N)c1cccc(-c2cccs2)c1)C1CCNCC1. The van der Waals surface area contributed by atoms with Crippen LogP contribution in [0.5, 0.6) is 0 Å². The second kappa shape index (κ2) is 7.09. The molecule has 4 heteroatoms. The van der Waals surface area contributed by atoms with Crippen molar-refractivity contribution in [2.45, 2.75) is 12.8 Å². The molecule has 0 atom stereocenters. The summed E-state index contributed by atoms with van der Waals surface area (Å²) >= 11 is 1.75. The quantitative estimate of drug-likeness (QED) is 0.813. The molecule has 0 amide bonds. The minimum Gasteiger partial charge on any atom is -0.398 e. The Hall–Kier alpha value is -1.62. The maximum absolute atomic E-state index is 6.49. The van der Waals surface area contributed by atoms with Crippen LogP contribution in [0.4, 0.5) is 0 Å². The molecular weight excluding hydrogens is 290 g/mol. The van der Waals surface area contributed by atoms with Crippen LogP contribution in [0.15, 0.2) is 47.4 Å². The first-order valence-electron chi connectivity index (χ1n) is 7.83. The lowest BCUT2D eigenvalue weighted by Gasteiger charge is -2.26. The Labute approximate surface area is 136 Å². The smallest absolute Gasteiger partial charge is 0.0395 e. The molecule has 1 aromatic carbocycles. The fourth-order valence-corrected chi connectivity index (χ4v) is 3.86. The molecule has 1 aliphatic heterocycles. The third-order valence-corrected chi connectivity index (χ3v) is 5.30. The van der Waals surface area contributed by atoms with Crippen LogP contribution >= 0.6 is 11.3 Å². The molecule has 1 aromatic heterocycles. The van der Waals surface area contributed by atoms with Crippen LogP contribution in [0.25, 0.3) is 16.1 Å². The van der Waals surface area contributed by atoms with Crippen LogP contribution in [0.2, 0.25) is 0 Å². The van der Waals surface area contributed by atoms with Crippen LogP contribution in [0, 0.1) is 5.92 Å². The van der Waals surface area contributed by atoms with E-state index < -0.39 is 0 Å². The van der Waals surface area contributed by atoms with E-state index in [0.29, 0.717) is 12.5 Å². The van der Waals surface area contributed by atoms with Crippen molar-refractivity contribution in [2.24, 2.45) is 17.4 Å². The van der Waals surface area contributed by atoms with E-state index in [9.17, 15) is 0 Å². The van der Waals surface area contributed by atoms with Crippen molar-refractivity contribution in [3.05, 3.63) is 52.9 Å². The van der Waals surface area contributed by atoms with E-state index in [2.05, 4.69) is 47.1 Å². The van der Waals surface area contributed by atoms with Gasteiger partial charge in [0.25, 0.3) is 0 Å². The van der Waals surface area contributed by atoms with E-state index in [-0.39, 0.29) is 0 Å². The molecule has 1 aliphatic rings. The molecule has 2 aromatic rings. The van der Waals surface area contributed by atoms with Gasteiger partial charge in [-0.05, 0) is 66.1 Å². The summed E-state index contributed by atoms with van der Waals surface area (Å²) in [5.74, 6) is 0.511. The zero-order valence-electron chi connectivity index (χ0n) is 12.7. The average Bonchev–Trinajstić information content (AvgIpc) is 3.11. The van der Waals surface area contributed by atoms with Crippen molar-refractivity contribution in [1.29, 1.82) is 0 Å². The van der Waals surface area contributed by atoms with E-state index >= 15 is 0 Å². The summed E-state index contributed by atoms with van der Waals surface area (Å²) in [4.78, 5) is 1.27. The fraction of sp³-hybridized carbons (Fsp3) is 0.333. The highest BCUT2D eigenvalue weighted by Gasteiger charge is 2.19. The fourth-order valence-electron chi connectivity index (χ4n) is 3.14. The second-order valence-corrected chi connectivity index (χ2v) is 6.67.